The topological polar surface area (TPSA) is 87.1 Å². The zero-order valence-electron chi connectivity index (χ0n) is 16.2. The van der Waals surface area contributed by atoms with Crippen LogP contribution in [0.1, 0.15) is 17.2 Å². The Hall–Kier alpha value is -2.93. The first-order valence-corrected chi connectivity index (χ1v) is 9.86. The van der Waals surface area contributed by atoms with Gasteiger partial charge in [0.05, 0.1) is 31.4 Å². The average molecular weight is 428 g/mol. The molecule has 0 aromatic heterocycles. The number of nitrogens with zero attached hydrogens (tertiary/aromatic N) is 1. The van der Waals surface area contributed by atoms with Crippen LogP contribution in [0.2, 0.25) is 5.02 Å². The number of aliphatic hydroxyl groups is 2. The summed E-state index contributed by atoms with van der Waals surface area (Å²) in [5.41, 5.74) is 1.49. The van der Waals surface area contributed by atoms with Crippen molar-refractivity contribution in [2.24, 2.45) is 0 Å². The molecule has 1 heterocycles. The number of rotatable bonds is 9. The monoisotopic (exact) mass is 427 g/mol. The van der Waals surface area contributed by atoms with Crippen LogP contribution < -0.4 is 0 Å². The number of ketones is 1. The van der Waals surface area contributed by atoms with Gasteiger partial charge in [0.2, 0.25) is 0 Å². The SMILES string of the molecule is O=C(/C=C/c1ccccc1)C1=C(O)C(=O)N(CCOCCO)C1c1ccc(Cl)cc1. The van der Waals surface area contributed by atoms with Gasteiger partial charge in [-0.25, -0.2) is 0 Å². The Balaban J connectivity index is 1.91. The van der Waals surface area contributed by atoms with Crippen LogP contribution in [0, 0.1) is 0 Å². The van der Waals surface area contributed by atoms with E-state index in [0.29, 0.717) is 10.6 Å². The van der Waals surface area contributed by atoms with E-state index in [-0.39, 0.29) is 31.9 Å². The molecule has 0 aliphatic carbocycles. The number of amides is 1. The number of aliphatic hydroxyl groups excluding tert-OH is 2. The van der Waals surface area contributed by atoms with Crippen LogP contribution >= 0.6 is 11.6 Å². The van der Waals surface area contributed by atoms with Gasteiger partial charge >= 0.3 is 0 Å². The Kier molecular flexibility index (Phi) is 7.41. The molecule has 2 N–H and O–H groups in total. The molecule has 1 aliphatic rings. The molecule has 1 amide bonds. The molecule has 6 nitrogen and oxygen atoms in total. The van der Waals surface area contributed by atoms with E-state index in [1.807, 2.05) is 30.3 Å². The normalized spacial score (nSPS) is 16.7. The summed E-state index contributed by atoms with van der Waals surface area (Å²) in [6.07, 6.45) is 2.99. The van der Waals surface area contributed by atoms with Gasteiger partial charge in [0.15, 0.2) is 11.5 Å². The van der Waals surface area contributed by atoms with Gasteiger partial charge in [-0.2, -0.15) is 0 Å². The molecule has 0 spiro atoms. The molecule has 30 heavy (non-hydrogen) atoms. The first-order valence-electron chi connectivity index (χ1n) is 9.48. The molecule has 3 rings (SSSR count). The molecule has 7 heteroatoms. The third-order valence-corrected chi connectivity index (χ3v) is 4.95. The van der Waals surface area contributed by atoms with Crippen LogP contribution in [0.15, 0.2) is 72.0 Å². The minimum atomic E-state index is -0.764. The molecular weight excluding hydrogens is 406 g/mol. The highest BCUT2D eigenvalue weighted by Gasteiger charge is 2.42. The zero-order chi connectivity index (χ0) is 21.5. The fourth-order valence-corrected chi connectivity index (χ4v) is 3.41. The van der Waals surface area contributed by atoms with Gasteiger partial charge in [0, 0.05) is 11.6 Å². The summed E-state index contributed by atoms with van der Waals surface area (Å²) in [6, 6.07) is 15.3. The Bertz CT molecular complexity index is 953. The highest BCUT2D eigenvalue weighted by Crippen LogP contribution is 2.38. The summed E-state index contributed by atoms with van der Waals surface area (Å²) < 4.78 is 5.27. The number of hydrogen-bond donors (Lipinski definition) is 2. The molecular formula is C23H22ClNO5. The lowest BCUT2D eigenvalue weighted by molar-refractivity contribution is -0.130. The van der Waals surface area contributed by atoms with Crippen molar-refractivity contribution in [2.45, 2.75) is 6.04 Å². The maximum atomic E-state index is 13.0. The molecule has 0 saturated heterocycles. The summed E-state index contributed by atoms with van der Waals surface area (Å²) in [5.74, 6) is -1.66. The quantitative estimate of drug-likeness (QED) is 0.473. The summed E-state index contributed by atoms with van der Waals surface area (Å²) in [4.78, 5) is 27.1. The lowest BCUT2D eigenvalue weighted by atomic mass is 9.95. The van der Waals surface area contributed by atoms with Crippen molar-refractivity contribution in [1.29, 1.82) is 0 Å². The largest absolute Gasteiger partial charge is 0.503 e. The minimum absolute atomic E-state index is 0.0108. The van der Waals surface area contributed by atoms with Gasteiger partial charge in [-0.15, -0.1) is 0 Å². The molecule has 2 aromatic carbocycles. The van der Waals surface area contributed by atoms with Crippen LogP contribution in [-0.4, -0.2) is 53.2 Å². The van der Waals surface area contributed by atoms with Crippen molar-refractivity contribution in [3.63, 3.8) is 0 Å². The van der Waals surface area contributed by atoms with E-state index in [9.17, 15) is 14.7 Å². The fourth-order valence-electron chi connectivity index (χ4n) is 3.28. The van der Waals surface area contributed by atoms with Crippen LogP contribution in [0.25, 0.3) is 6.08 Å². The van der Waals surface area contributed by atoms with Gasteiger partial charge in [-0.05, 0) is 29.3 Å². The second-order valence-electron chi connectivity index (χ2n) is 6.66. The average Bonchev–Trinajstić information content (AvgIpc) is 3.01. The van der Waals surface area contributed by atoms with Gasteiger partial charge < -0.3 is 19.8 Å². The first-order chi connectivity index (χ1) is 14.5. The molecule has 0 radical (unpaired) electrons. The minimum Gasteiger partial charge on any atom is -0.503 e. The van der Waals surface area contributed by atoms with Crippen molar-refractivity contribution in [2.75, 3.05) is 26.4 Å². The smallest absolute Gasteiger partial charge is 0.290 e. The van der Waals surface area contributed by atoms with Crippen molar-refractivity contribution in [3.05, 3.63) is 88.2 Å². The van der Waals surface area contributed by atoms with Gasteiger partial charge in [0.1, 0.15) is 0 Å². The Morgan fingerprint density at radius 3 is 2.47 bits per heavy atom. The number of carbonyl (C=O) groups excluding carboxylic acids is 2. The second kappa shape index (κ2) is 10.2. The van der Waals surface area contributed by atoms with E-state index < -0.39 is 23.5 Å². The number of allylic oxidation sites excluding steroid dienone is 1. The molecule has 2 aromatic rings. The Morgan fingerprint density at radius 2 is 1.80 bits per heavy atom. The third kappa shape index (κ3) is 4.97. The van der Waals surface area contributed by atoms with Crippen molar-refractivity contribution in [3.8, 4) is 0 Å². The van der Waals surface area contributed by atoms with E-state index in [1.54, 1.807) is 30.3 Å². The molecule has 156 valence electrons. The Labute approximate surface area is 179 Å². The molecule has 1 aliphatic heterocycles. The molecule has 0 bridgehead atoms. The van der Waals surface area contributed by atoms with Crippen molar-refractivity contribution >= 4 is 29.4 Å². The molecule has 1 atom stereocenters. The number of halogens is 1. The maximum Gasteiger partial charge on any atom is 0.290 e. The lowest BCUT2D eigenvalue weighted by Gasteiger charge is -2.26. The summed E-state index contributed by atoms with van der Waals surface area (Å²) in [6.45, 7) is 0.311. The van der Waals surface area contributed by atoms with Gasteiger partial charge in [-0.1, -0.05) is 60.1 Å². The van der Waals surface area contributed by atoms with Crippen LogP contribution in [0.4, 0.5) is 0 Å². The van der Waals surface area contributed by atoms with E-state index in [0.717, 1.165) is 5.56 Å². The first kappa shape index (κ1) is 21.8. The van der Waals surface area contributed by atoms with Crippen LogP contribution in [0.5, 0.6) is 0 Å². The number of hydrogen-bond acceptors (Lipinski definition) is 5. The maximum absolute atomic E-state index is 13.0. The van der Waals surface area contributed by atoms with E-state index >= 15 is 0 Å². The predicted octanol–water partition coefficient (Wildman–Crippen LogP) is 3.33. The van der Waals surface area contributed by atoms with Crippen molar-refractivity contribution in [1.82, 2.24) is 4.90 Å². The van der Waals surface area contributed by atoms with E-state index in [1.165, 1.54) is 11.0 Å². The van der Waals surface area contributed by atoms with E-state index in [4.69, 9.17) is 21.4 Å². The van der Waals surface area contributed by atoms with Gasteiger partial charge in [-0.3, -0.25) is 9.59 Å². The van der Waals surface area contributed by atoms with Gasteiger partial charge in [0.25, 0.3) is 5.91 Å². The van der Waals surface area contributed by atoms with Crippen LogP contribution in [0.3, 0.4) is 0 Å². The third-order valence-electron chi connectivity index (χ3n) is 4.69. The van der Waals surface area contributed by atoms with E-state index in [2.05, 4.69) is 0 Å². The highest BCUT2D eigenvalue weighted by atomic mass is 35.5. The molecule has 0 fully saturated rings. The fraction of sp³-hybridized carbons (Fsp3) is 0.217. The Morgan fingerprint density at radius 1 is 1.10 bits per heavy atom. The second-order valence-corrected chi connectivity index (χ2v) is 7.10. The highest BCUT2D eigenvalue weighted by molar-refractivity contribution is 6.30. The zero-order valence-corrected chi connectivity index (χ0v) is 17.0. The summed E-state index contributed by atoms with van der Waals surface area (Å²) in [7, 11) is 0. The molecule has 1 unspecified atom stereocenters. The summed E-state index contributed by atoms with van der Waals surface area (Å²) in [5, 5.41) is 19.9. The summed E-state index contributed by atoms with van der Waals surface area (Å²) >= 11 is 5.98. The van der Waals surface area contributed by atoms with Crippen molar-refractivity contribution < 1.29 is 24.5 Å². The molecule has 0 saturated carbocycles. The predicted molar refractivity (Wildman–Crippen MR) is 114 cm³/mol. The number of benzene rings is 2. The standard InChI is InChI=1S/C23H22ClNO5/c24-18-9-7-17(8-10-18)21-20(19(27)11-6-16-4-2-1-3-5-16)22(28)23(29)25(21)12-14-30-15-13-26/h1-11,21,26,28H,12-15H2/b11-6+. The lowest BCUT2D eigenvalue weighted by Crippen LogP contribution is -2.34. The van der Waals surface area contributed by atoms with Crippen LogP contribution in [-0.2, 0) is 14.3 Å². The number of ether oxygens (including phenoxy) is 1. The number of carbonyl (C=O) groups is 2.